The van der Waals surface area contributed by atoms with Gasteiger partial charge < -0.3 is 20.5 Å². The number of carbonyl (C=O) groups is 1. The fourth-order valence-electron chi connectivity index (χ4n) is 3.37. The third-order valence-corrected chi connectivity index (χ3v) is 7.61. The summed E-state index contributed by atoms with van der Waals surface area (Å²) in [4.78, 5) is 18.1. The monoisotopic (exact) mass is 498 g/mol. The van der Waals surface area contributed by atoms with Crippen molar-refractivity contribution >= 4 is 54.5 Å². The number of rotatable bonds is 7. The highest BCUT2D eigenvalue weighted by Crippen LogP contribution is 2.35. The number of aryl methyl sites for hydroxylation is 1. The van der Waals surface area contributed by atoms with Gasteiger partial charge in [0.1, 0.15) is 21.2 Å². The van der Waals surface area contributed by atoms with E-state index in [4.69, 9.17) is 15.2 Å². The number of nitrogens with one attached hydrogen (secondary N) is 2. The van der Waals surface area contributed by atoms with E-state index in [0.717, 1.165) is 10.9 Å². The van der Waals surface area contributed by atoms with Gasteiger partial charge in [-0.15, -0.1) is 11.3 Å². The van der Waals surface area contributed by atoms with Gasteiger partial charge in [-0.1, -0.05) is 0 Å². The first-order valence-electron chi connectivity index (χ1n) is 10.0. The summed E-state index contributed by atoms with van der Waals surface area (Å²) >= 11 is 1.20. The van der Waals surface area contributed by atoms with Gasteiger partial charge in [0.05, 0.1) is 30.5 Å². The Morgan fingerprint density at radius 2 is 1.79 bits per heavy atom. The van der Waals surface area contributed by atoms with Crippen molar-refractivity contribution in [3.63, 3.8) is 0 Å². The van der Waals surface area contributed by atoms with Gasteiger partial charge in [-0.2, -0.15) is 0 Å². The minimum atomic E-state index is -3.92. The molecule has 176 valence electrons. The van der Waals surface area contributed by atoms with Crippen LogP contribution in [0.25, 0.3) is 10.2 Å². The van der Waals surface area contributed by atoms with Crippen LogP contribution in [0.3, 0.4) is 0 Å². The molecule has 34 heavy (non-hydrogen) atoms. The zero-order valence-corrected chi connectivity index (χ0v) is 20.2. The van der Waals surface area contributed by atoms with E-state index in [1.807, 2.05) is 13.0 Å². The number of thiophene rings is 1. The second-order valence-electron chi connectivity index (χ2n) is 7.30. The van der Waals surface area contributed by atoms with Gasteiger partial charge in [0, 0.05) is 23.3 Å². The number of sulfonamides is 1. The average Bonchev–Trinajstić information content (AvgIpc) is 3.17. The molecule has 11 heteroatoms. The van der Waals surface area contributed by atoms with E-state index in [2.05, 4.69) is 15.0 Å². The number of carbonyl (C=O) groups excluding carboxylic acids is 1. The number of ether oxygens (including phenoxy) is 2. The second kappa shape index (κ2) is 9.20. The second-order valence-corrected chi connectivity index (χ2v) is 9.98. The van der Waals surface area contributed by atoms with Crippen LogP contribution in [0.2, 0.25) is 0 Å². The lowest BCUT2D eigenvalue weighted by molar-refractivity contribution is 0.103. The van der Waals surface area contributed by atoms with E-state index in [1.54, 1.807) is 18.3 Å². The van der Waals surface area contributed by atoms with Gasteiger partial charge >= 0.3 is 0 Å². The Morgan fingerprint density at radius 1 is 1.06 bits per heavy atom. The zero-order chi connectivity index (χ0) is 24.5. The van der Waals surface area contributed by atoms with Crippen LogP contribution in [0, 0.1) is 6.92 Å². The van der Waals surface area contributed by atoms with E-state index < -0.39 is 15.9 Å². The van der Waals surface area contributed by atoms with Crippen LogP contribution in [-0.4, -0.2) is 33.5 Å². The van der Waals surface area contributed by atoms with Crippen molar-refractivity contribution in [1.82, 2.24) is 4.98 Å². The van der Waals surface area contributed by atoms with Gasteiger partial charge in [-0.05, 0) is 55.0 Å². The summed E-state index contributed by atoms with van der Waals surface area (Å²) in [6.07, 6.45) is 1.67. The molecule has 4 N–H and O–H groups in total. The quantitative estimate of drug-likeness (QED) is 0.347. The van der Waals surface area contributed by atoms with Crippen molar-refractivity contribution in [2.24, 2.45) is 0 Å². The Balaban J connectivity index is 1.54. The number of fused-ring (bicyclic) bond motifs is 1. The standard InChI is InChI=1S/C23H22N4O5S2/c1-13-10-11-25-23-19(13)20(24)21(33-23)22(28)26-14-4-7-16(8-5-14)34(29,30)27-17-12-15(31-2)6-9-18(17)32-3/h4-12,27H,24H2,1-3H3,(H,26,28). The predicted octanol–water partition coefficient (Wildman–Crippen LogP) is 4.26. The van der Waals surface area contributed by atoms with E-state index in [-0.39, 0.29) is 10.6 Å². The smallest absolute Gasteiger partial charge is 0.267 e. The average molecular weight is 499 g/mol. The van der Waals surface area contributed by atoms with Crippen molar-refractivity contribution in [2.45, 2.75) is 11.8 Å². The van der Waals surface area contributed by atoms with Gasteiger partial charge in [-0.25, -0.2) is 13.4 Å². The number of pyridine rings is 1. The Bertz CT molecular complexity index is 1480. The third-order valence-electron chi connectivity index (χ3n) is 5.12. The van der Waals surface area contributed by atoms with E-state index in [1.165, 1.54) is 55.9 Å². The van der Waals surface area contributed by atoms with Crippen LogP contribution in [0.5, 0.6) is 11.5 Å². The van der Waals surface area contributed by atoms with Crippen molar-refractivity contribution in [3.8, 4) is 11.5 Å². The lowest BCUT2D eigenvalue weighted by Gasteiger charge is -2.13. The SMILES string of the molecule is COc1ccc(OC)c(NS(=O)(=O)c2ccc(NC(=O)c3sc4nccc(C)c4c3N)cc2)c1. The number of amides is 1. The summed E-state index contributed by atoms with van der Waals surface area (Å²) in [7, 11) is -0.996. The number of anilines is 3. The molecule has 0 atom stereocenters. The highest BCUT2D eigenvalue weighted by Gasteiger charge is 2.20. The van der Waals surface area contributed by atoms with Crippen LogP contribution >= 0.6 is 11.3 Å². The number of nitrogens with two attached hydrogens (primary N) is 1. The first-order valence-corrected chi connectivity index (χ1v) is 12.3. The number of hydrogen-bond donors (Lipinski definition) is 3. The first kappa shape index (κ1) is 23.3. The maximum atomic E-state index is 12.9. The molecule has 2 heterocycles. The Morgan fingerprint density at radius 3 is 2.44 bits per heavy atom. The summed E-state index contributed by atoms with van der Waals surface area (Å²) in [6.45, 7) is 1.91. The van der Waals surface area contributed by atoms with Gasteiger partial charge in [-0.3, -0.25) is 9.52 Å². The summed E-state index contributed by atoms with van der Waals surface area (Å²) in [5.74, 6) is 0.427. The van der Waals surface area contributed by atoms with Crippen LogP contribution in [0.4, 0.5) is 17.1 Å². The lowest BCUT2D eigenvalue weighted by Crippen LogP contribution is -2.15. The van der Waals surface area contributed by atoms with Crippen molar-refractivity contribution < 1.29 is 22.7 Å². The number of nitrogen functional groups attached to an aromatic ring is 1. The van der Waals surface area contributed by atoms with Crippen LogP contribution < -0.4 is 25.2 Å². The molecule has 0 aliphatic heterocycles. The van der Waals surface area contributed by atoms with Crippen molar-refractivity contribution in [2.75, 3.05) is 30.0 Å². The molecule has 2 aromatic carbocycles. The minimum Gasteiger partial charge on any atom is -0.497 e. The number of benzene rings is 2. The minimum absolute atomic E-state index is 0.0107. The number of hydrogen-bond acceptors (Lipinski definition) is 8. The van der Waals surface area contributed by atoms with E-state index in [9.17, 15) is 13.2 Å². The molecular formula is C23H22N4O5S2. The Labute approximate surface area is 200 Å². The summed E-state index contributed by atoms with van der Waals surface area (Å²) in [5, 5.41) is 3.52. The fraction of sp³-hybridized carbons (Fsp3) is 0.130. The molecule has 0 unspecified atom stereocenters. The van der Waals surface area contributed by atoms with E-state index >= 15 is 0 Å². The summed E-state index contributed by atoms with van der Waals surface area (Å²) in [6, 6.07) is 12.4. The first-order chi connectivity index (χ1) is 16.2. The molecule has 0 spiro atoms. The predicted molar refractivity (Wildman–Crippen MR) is 134 cm³/mol. The molecule has 0 saturated heterocycles. The third kappa shape index (κ3) is 4.47. The van der Waals surface area contributed by atoms with Crippen molar-refractivity contribution in [1.29, 1.82) is 0 Å². The number of nitrogens with zero attached hydrogens (tertiary/aromatic N) is 1. The molecule has 1 amide bonds. The molecule has 2 aromatic heterocycles. The molecule has 0 bridgehead atoms. The maximum absolute atomic E-state index is 12.9. The highest BCUT2D eigenvalue weighted by atomic mass is 32.2. The zero-order valence-electron chi connectivity index (χ0n) is 18.6. The summed E-state index contributed by atoms with van der Waals surface area (Å²) in [5.41, 5.74) is 8.17. The Kier molecular flexibility index (Phi) is 6.31. The molecule has 4 rings (SSSR count). The molecule has 9 nitrogen and oxygen atoms in total. The molecule has 0 saturated carbocycles. The highest BCUT2D eigenvalue weighted by molar-refractivity contribution is 7.92. The Hall–Kier alpha value is -3.83. The van der Waals surface area contributed by atoms with Crippen LogP contribution in [0.15, 0.2) is 59.6 Å². The largest absolute Gasteiger partial charge is 0.497 e. The fourth-order valence-corrected chi connectivity index (χ4v) is 5.47. The molecule has 0 aliphatic carbocycles. The molecule has 0 radical (unpaired) electrons. The van der Waals surface area contributed by atoms with Crippen LogP contribution in [-0.2, 0) is 10.0 Å². The topological polar surface area (TPSA) is 133 Å². The van der Waals surface area contributed by atoms with Gasteiger partial charge in [0.25, 0.3) is 15.9 Å². The molecule has 4 aromatic rings. The molecular weight excluding hydrogens is 476 g/mol. The van der Waals surface area contributed by atoms with Crippen molar-refractivity contribution in [3.05, 3.63) is 65.2 Å². The number of methoxy groups -OCH3 is 2. The lowest BCUT2D eigenvalue weighted by atomic mass is 10.1. The van der Waals surface area contributed by atoms with Crippen LogP contribution in [0.1, 0.15) is 15.2 Å². The summed E-state index contributed by atoms with van der Waals surface area (Å²) < 4.78 is 38.6. The van der Waals surface area contributed by atoms with Gasteiger partial charge in [0.2, 0.25) is 0 Å². The number of aromatic nitrogens is 1. The van der Waals surface area contributed by atoms with E-state index in [0.29, 0.717) is 32.6 Å². The maximum Gasteiger partial charge on any atom is 0.267 e. The van der Waals surface area contributed by atoms with Gasteiger partial charge in [0.15, 0.2) is 0 Å². The molecule has 0 aliphatic rings. The normalized spacial score (nSPS) is 11.3. The molecule has 0 fully saturated rings.